The Bertz CT molecular complexity index is 1520. The van der Waals surface area contributed by atoms with Gasteiger partial charge in [0.05, 0.1) is 42.0 Å². The maximum Gasteiger partial charge on any atom is 0.338 e. The molecule has 10 nitrogen and oxygen atoms in total. The van der Waals surface area contributed by atoms with Crippen LogP contribution >= 0.6 is 34.4 Å². The minimum atomic E-state index is -0.768. The zero-order chi connectivity index (χ0) is 28.0. The number of hydrogen-bond donors (Lipinski definition) is 0. The van der Waals surface area contributed by atoms with Crippen molar-refractivity contribution in [3.05, 3.63) is 66.8 Å². The first-order valence-corrected chi connectivity index (χ1v) is 15.4. The zero-order valence-electron chi connectivity index (χ0n) is 21.4. The topological polar surface area (TPSA) is 115 Å². The number of amides is 3. The number of ether oxygens (including phenoxy) is 2. The number of carbonyl (C=O) groups excluding carboxylic acids is 4. The normalized spacial score (nSPS) is 22.3. The van der Waals surface area contributed by atoms with Gasteiger partial charge in [-0.25, -0.2) is 9.69 Å². The number of esters is 1. The molecule has 2 fully saturated rings. The number of thiazole rings is 1. The highest BCUT2D eigenvalue weighted by Gasteiger charge is 2.57. The molecule has 3 aliphatic rings. The summed E-state index contributed by atoms with van der Waals surface area (Å²) in [5.74, 6) is -2.61. The van der Waals surface area contributed by atoms with Crippen molar-refractivity contribution in [2.45, 2.75) is 29.7 Å². The van der Waals surface area contributed by atoms with E-state index in [4.69, 9.17) is 9.47 Å². The van der Waals surface area contributed by atoms with Crippen LogP contribution in [0.4, 0.5) is 5.69 Å². The summed E-state index contributed by atoms with van der Waals surface area (Å²) in [6, 6.07) is 9.99. The van der Waals surface area contributed by atoms with Crippen LogP contribution in [0.25, 0.3) is 0 Å². The number of thiophene rings is 1. The van der Waals surface area contributed by atoms with Gasteiger partial charge >= 0.3 is 10.8 Å². The van der Waals surface area contributed by atoms with Gasteiger partial charge in [-0.05, 0) is 42.6 Å². The van der Waals surface area contributed by atoms with Gasteiger partial charge < -0.3 is 14.4 Å². The average Bonchev–Trinajstić information content (AvgIpc) is 3.66. The minimum absolute atomic E-state index is 0.132. The van der Waals surface area contributed by atoms with Crippen LogP contribution in [0.1, 0.15) is 33.0 Å². The summed E-state index contributed by atoms with van der Waals surface area (Å²) >= 11 is 3.69. The summed E-state index contributed by atoms with van der Waals surface area (Å²) in [6.07, 6.45) is 0. The van der Waals surface area contributed by atoms with Gasteiger partial charge in [0.2, 0.25) is 17.7 Å². The van der Waals surface area contributed by atoms with E-state index >= 15 is 0 Å². The molecule has 0 spiro atoms. The first-order valence-electron chi connectivity index (χ1n) is 12.8. The number of benzene rings is 1. The number of thioether (sulfide) groups is 1. The predicted octanol–water partition coefficient (Wildman–Crippen LogP) is 2.80. The van der Waals surface area contributed by atoms with Gasteiger partial charge in [-0.2, -0.15) is 0 Å². The van der Waals surface area contributed by atoms with E-state index in [9.17, 15) is 24.0 Å². The van der Waals surface area contributed by atoms with E-state index in [0.29, 0.717) is 47.5 Å². The highest BCUT2D eigenvalue weighted by Crippen LogP contribution is 2.54. The number of anilines is 1. The number of rotatable bonds is 6. The minimum Gasteiger partial charge on any atom is -0.462 e. The molecule has 2 saturated heterocycles. The lowest BCUT2D eigenvalue weighted by Crippen LogP contribution is -2.43. The van der Waals surface area contributed by atoms with Crippen molar-refractivity contribution in [1.82, 2.24) is 9.47 Å². The number of nitrogens with zero attached hydrogens (tertiary/aromatic N) is 3. The van der Waals surface area contributed by atoms with Crippen molar-refractivity contribution < 1.29 is 28.7 Å². The first kappa shape index (κ1) is 26.9. The Labute approximate surface area is 241 Å². The summed E-state index contributed by atoms with van der Waals surface area (Å²) in [6.45, 7) is 3.66. The van der Waals surface area contributed by atoms with E-state index in [2.05, 4.69) is 0 Å². The van der Waals surface area contributed by atoms with Crippen molar-refractivity contribution in [2.24, 2.45) is 5.92 Å². The van der Waals surface area contributed by atoms with Crippen molar-refractivity contribution in [3.63, 3.8) is 0 Å². The van der Waals surface area contributed by atoms with Crippen LogP contribution in [0.15, 0.2) is 51.6 Å². The SMILES string of the molecule is CCOC(=O)c1ccc(N2C(=O)[C@H]3[C@H](c4cccs4)c4sc(=O)n(CC(=O)N5CCOCC5)c4S[C@H]3C2=O)cc1. The molecular weight excluding hydrogens is 575 g/mol. The molecule has 13 heteroatoms. The van der Waals surface area contributed by atoms with E-state index in [1.807, 2.05) is 17.5 Å². The molecule has 6 rings (SSSR count). The van der Waals surface area contributed by atoms with Crippen LogP contribution in [-0.2, 0) is 30.4 Å². The highest BCUT2D eigenvalue weighted by atomic mass is 32.2. The zero-order valence-corrected chi connectivity index (χ0v) is 23.9. The van der Waals surface area contributed by atoms with Crippen LogP contribution < -0.4 is 9.77 Å². The monoisotopic (exact) mass is 599 g/mol. The molecule has 3 amide bonds. The van der Waals surface area contributed by atoms with Gasteiger partial charge in [0.25, 0.3) is 0 Å². The second kappa shape index (κ2) is 11.0. The maximum absolute atomic E-state index is 13.9. The fourth-order valence-electron chi connectivity index (χ4n) is 5.29. The molecule has 5 heterocycles. The Balaban J connectivity index is 1.36. The molecule has 0 aliphatic carbocycles. The summed E-state index contributed by atoms with van der Waals surface area (Å²) in [4.78, 5) is 70.2. The van der Waals surface area contributed by atoms with Gasteiger partial charge in [-0.1, -0.05) is 29.2 Å². The van der Waals surface area contributed by atoms with Crippen LogP contribution in [0, 0.1) is 5.92 Å². The molecule has 0 radical (unpaired) electrons. The maximum atomic E-state index is 13.9. The second-order valence-corrected chi connectivity index (χ2v) is 12.6. The Morgan fingerprint density at radius 1 is 1.05 bits per heavy atom. The van der Waals surface area contributed by atoms with E-state index in [1.54, 1.807) is 24.0 Å². The van der Waals surface area contributed by atoms with Gasteiger partial charge in [0.15, 0.2) is 0 Å². The molecule has 208 valence electrons. The third kappa shape index (κ3) is 4.60. The van der Waals surface area contributed by atoms with E-state index in [1.165, 1.54) is 44.7 Å². The van der Waals surface area contributed by atoms with Gasteiger partial charge in [0.1, 0.15) is 11.8 Å². The predicted molar refractivity (Wildman–Crippen MR) is 150 cm³/mol. The Morgan fingerprint density at radius 2 is 1.80 bits per heavy atom. The Kier molecular flexibility index (Phi) is 7.38. The van der Waals surface area contributed by atoms with Gasteiger partial charge in [-0.15, -0.1) is 11.3 Å². The largest absolute Gasteiger partial charge is 0.462 e. The summed E-state index contributed by atoms with van der Waals surface area (Å²) in [5.41, 5.74) is 0.690. The molecule has 2 aromatic heterocycles. The number of imide groups is 1. The molecular formula is C27H25N3O7S3. The Morgan fingerprint density at radius 3 is 2.48 bits per heavy atom. The molecule has 3 aliphatic heterocycles. The molecule has 0 saturated carbocycles. The number of hydrogen-bond acceptors (Lipinski definition) is 10. The van der Waals surface area contributed by atoms with Crippen molar-refractivity contribution >= 4 is 63.8 Å². The van der Waals surface area contributed by atoms with Crippen LogP contribution in [0.2, 0.25) is 0 Å². The molecule has 40 heavy (non-hydrogen) atoms. The van der Waals surface area contributed by atoms with E-state index in [0.717, 1.165) is 16.2 Å². The summed E-state index contributed by atoms with van der Waals surface area (Å²) in [5, 5.41) is 1.70. The number of carbonyl (C=O) groups is 4. The Hall–Kier alpha value is -3.26. The quantitative estimate of drug-likeness (QED) is 0.314. The van der Waals surface area contributed by atoms with Crippen LogP contribution in [0.5, 0.6) is 0 Å². The molecule has 0 unspecified atom stereocenters. The fourth-order valence-corrected chi connectivity index (χ4v) is 9.01. The molecule has 3 aromatic rings. The van der Waals surface area contributed by atoms with Gasteiger partial charge in [0, 0.05) is 28.8 Å². The van der Waals surface area contributed by atoms with Crippen molar-refractivity contribution in [3.8, 4) is 0 Å². The molecule has 3 atom stereocenters. The molecule has 0 N–H and O–H groups in total. The lowest BCUT2D eigenvalue weighted by atomic mass is 9.87. The standard InChI is InChI=1S/C27H25N3O7S3/c1-2-37-26(34)15-5-7-16(8-6-15)30-23(32)20-19(17-4-3-13-38-17)22-25(39-21(20)24(30)33)29(27(35)40-22)14-18(31)28-9-11-36-12-10-28/h3-8,13,19-21H,2,9-12,14H2,1H3/t19-,20-,21+/m0/s1. The first-order chi connectivity index (χ1) is 19.4. The summed E-state index contributed by atoms with van der Waals surface area (Å²) in [7, 11) is 0. The number of morpholine rings is 1. The third-order valence-corrected chi connectivity index (χ3v) is 10.8. The van der Waals surface area contributed by atoms with Crippen molar-refractivity contribution in [1.29, 1.82) is 0 Å². The van der Waals surface area contributed by atoms with Crippen molar-refractivity contribution in [2.75, 3.05) is 37.8 Å². The summed E-state index contributed by atoms with van der Waals surface area (Å²) < 4.78 is 11.8. The highest BCUT2D eigenvalue weighted by molar-refractivity contribution is 8.00. The van der Waals surface area contributed by atoms with Crippen LogP contribution in [0.3, 0.4) is 0 Å². The third-order valence-electron chi connectivity index (χ3n) is 7.19. The van der Waals surface area contributed by atoms with Gasteiger partial charge in [-0.3, -0.25) is 23.7 Å². The fraction of sp³-hybridized carbons (Fsp3) is 0.370. The number of fused-ring (bicyclic) bond motifs is 2. The van der Waals surface area contributed by atoms with E-state index in [-0.39, 0.29) is 35.7 Å². The lowest BCUT2D eigenvalue weighted by molar-refractivity contribution is -0.136. The average molecular weight is 600 g/mol. The second-order valence-electron chi connectivity index (χ2n) is 9.45. The number of aromatic nitrogens is 1. The smallest absolute Gasteiger partial charge is 0.338 e. The molecule has 0 bridgehead atoms. The lowest BCUT2D eigenvalue weighted by Gasteiger charge is -2.30. The van der Waals surface area contributed by atoms with E-state index < -0.39 is 23.1 Å². The van der Waals surface area contributed by atoms with Crippen LogP contribution in [-0.4, -0.2) is 71.3 Å². The molecule has 1 aromatic carbocycles.